The second-order valence-electron chi connectivity index (χ2n) is 5.51. The number of nitrogens with zero attached hydrogens (tertiary/aromatic N) is 1. The molecule has 1 aliphatic heterocycles. The monoisotopic (exact) mass is 360 g/mol. The van der Waals surface area contributed by atoms with Gasteiger partial charge in [-0.3, -0.25) is 9.59 Å². The van der Waals surface area contributed by atoms with Crippen molar-refractivity contribution in [1.82, 2.24) is 0 Å². The Kier molecular flexibility index (Phi) is 4.81. The van der Waals surface area contributed by atoms with Gasteiger partial charge in [0, 0.05) is 5.02 Å². The van der Waals surface area contributed by atoms with Gasteiger partial charge in [0.2, 0.25) is 5.91 Å². The van der Waals surface area contributed by atoms with E-state index in [-0.39, 0.29) is 18.2 Å². The van der Waals surface area contributed by atoms with E-state index in [4.69, 9.17) is 21.1 Å². The lowest BCUT2D eigenvalue weighted by molar-refractivity contribution is -0.121. The summed E-state index contributed by atoms with van der Waals surface area (Å²) >= 11 is 6.01. The lowest BCUT2D eigenvalue weighted by atomic mass is 10.2. The molecule has 0 aliphatic carbocycles. The van der Waals surface area contributed by atoms with Crippen molar-refractivity contribution in [3.8, 4) is 11.5 Å². The third-order valence-corrected chi connectivity index (χ3v) is 4.20. The zero-order valence-electron chi connectivity index (χ0n) is 13.8. The molecule has 0 radical (unpaired) electrons. The Morgan fingerprint density at radius 2 is 1.80 bits per heavy atom. The zero-order chi connectivity index (χ0) is 18.0. The highest BCUT2D eigenvalue weighted by atomic mass is 35.5. The summed E-state index contributed by atoms with van der Waals surface area (Å²) in [4.78, 5) is 26.2. The number of carbonyl (C=O) groups excluding carboxylic acids is 2. The van der Waals surface area contributed by atoms with E-state index in [1.54, 1.807) is 49.6 Å². The van der Waals surface area contributed by atoms with Crippen LogP contribution >= 0.6 is 11.6 Å². The van der Waals surface area contributed by atoms with Crippen LogP contribution in [0.4, 0.5) is 11.4 Å². The van der Waals surface area contributed by atoms with Crippen LogP contribution in [0.25, 0.3) is 0 Å². The van der Waals surface area contributed by atoms with Crippen LogP contribution in [0.15, 0.2) is 42.5 Å². The van der Waals surface area contributed by atoms with Gasteiger partial charge in [-0.25, -0.2) is 4.90 Å². The summed E-state index contributed by atoms with van der Waals surface area (Å²) < 4.78 is 10.4. The van der Waals surface area contributed by atoms with Crippen molar-refractivity contribution in [2.24, 2.45) is 0 Å². The first kappa shape index (κ1) is 17.1. The molecule has 1 heterocycles. The number of amides is 2. The first-order valence-corrected chi connectivity index (χ1v) is 8.02. The standard InChI is InChI=1S/C18H17ClN2O4/c1-24-13-6-4-12(5-7-13)21-17(22)10-15(18(21)23)20-14-9-11(19)3-8-16(14)25-2/h3-9,15,20H,10H2,1-2H3/t15-/m1/s1. The lowest BCUT2D eigenvalue weighted by Crippen LogP contribution is -2.34. The average Bonchev–Trinajstić information content (AvgIpc) is 2.89. The van der Waals surface area contributed by atoms with Crippen molar-refractivity contribution < 1.29 is 19.1 Å². The summed E-state index contributed by atoms with van der Waals surface area (Å²) in [6.45, 7) is 0. The normalized spacial score (nSPS) is 16.9. The minimum Gasteiger partial charge on any atom is -0.497 e. The smallest absolute Gasteiger partial charge is 0.256 e. The number of anilines is 2. The Morgan fingerprint density at radius 1 is 1.08 bits per heavy atom. The van der Waals surface area contributed by atoms with Crippen LogP contribution in [-0.2, 0) is 9.59 Å². The number of nitrogens with one attached hydrogen (secondary N) is 1. The molecule has 0 spiro atoms. The lowest BCUT2D eigenvalue weighted by Gasteiger charge is -2.17. The Bertz CT molecular complexity index is 807. The number of halogens is 1. The topological polar surface area (TPSA) is 67.9 Å². The molecule has 1 saturated heterocycles. The molecule has 2 aromatic carbocycles. The van der Waals surface area contributed by atoms with E-state index in [1.165, 1.54) is 12.0 Å². The largest absolute Gasteiger partial charge is 0.497 e. The van der Waals surface area contributed by atoms with Crippen molar-refractivity contribution in [2.75, 3.05) is 24.4 Å². The number of ether oxygens (including phenoxy) is 2. The van der Waals surface area contributed by atoms with Gasteiger partial charge < -0.3 is 14.8 Å². The molecule has 0 saturated carbocycles. The number of methoxy groups -OCH3 is 2. The van der Waals surface area contributed by atoms with Crippen molar-refractivity contribution in [1.29, 1.82) is 0 Å². The molecule has 130 valence electrons. The van der Waals surface area contributed by atoms with Gasteiger partial charge >= 0.3 is 0 Å². The Balaban J connectivity index is 1.82. The predicted molar refractivity (Wildman–Crippen MR) is 95.5 cm³/mol. The summed E-state index contributed by atoms with van der Waals surface area (Å²) in [6.07, 6.45) is 0.0561. The van der Waals surface area contributed by atoms with E-state index >= 15 is 0 Å². The maximum absolute atomic E-state index is 12.7. The highest BCUT2D eigenvalue weighted by Crippen LogP contribution is 2.31. The maximum atomic E-state index is 12.7. The predicted octanol–water partition coefficient (Wildman–Crippen LogP) is 3.10. The molecule has 0 bridgehead atoms. The molecule has 1 aliphatic rings. The third kappa shape index (κ3) is 3.39. The fourth-order valence-corrected chi connectivity index (χ4v) is 2.90. The fourth-order valence-electron chi connectivity index (χ4n) is 2.73. The molecule has 25 heavy (non-hydrogen) atoms. The van der Waals surface area contributed by atoms with Crippen molar-refractivity contribution in [3.63, 3.8) is 0 Å². The van der Waals surface area contributed by atoms with Gasteiger partial charge in [0.25, 0.3) is 5.91 Å². The van der Waals surface area contributed by atoms with E-state index in [1.807, 2.05) is 0 Å². The molecular formula is C18H17ClN2O4. The van der Waals surface area contributed by atoms with Crippen LogP contribution in [0, 0.1) is 0 Å². The van der Waals surface area contributed by atoms with Crippen molar-refractivity contribution in [2.45, 2.75) is 12.5 Å². The van der Waals surface area contributed by atoms with Gasteiger partial charge in [0.1, 0.15) is 17.5 Å². The van der Waals surface area contributed by atoms with Crippen LogP contribution in [0.1, 0.15) is 6.42 Å². The van der Waals surface area contributed by atoms with Crippen LogP contribution in [0.2, 0.25) is 5.02 Å². The van der Waals surface area contributed by atoms with Crippen molar-refractivity contribution >= 4 is 34.8 Å². The molecule has 7 heteroatoms. The van der Waals surface area contributed by atoms with Gasteiger partial charge in [-0.1, -0.05) is 11.6 Å². The number of imide groups is 1. The van der Waals surface area contributed by atoms with E-state index in [9.17, 15) is 9.59 Å². The highest BCUT2D eigenvalue weighted by molar-refractivity contribution is 6.31. The Morgan fingerprint density at radius 3 is 2.44 bits per heavy atom. The molecular weight excluding hydrogens is 344 g/mol. The molecule has 1 N–H and O–H groups in total. The minimum absolute atomic E-state index is 0.0561. The fraction of sp³-hybridized carbons (Fsp3) is 0.222. The Hall–Kier alpha value is -2.73. The molecule has 1 fully saturated rings. The first-order valence-electron chi connectivity index (χ1n) is 7.64. The van der Waals surface area contributed by atoms with Gasteiger partial charge in [0.05, 0.1) is 32.0 Å². The maximum Gasteiger partial charge on any atom is 0.256 e. The summed E-state index contributed by atoms with van der Waals surface area (Å²) in [5.41, 5.74) is 1.08. The van der Waals surface area contributed by atoms with E-state index < -0.39 is 6.04 Å². The van der Waals surface area contributed by atoms with E-state index in [0.717, 1.165) is 0 Å². The van der Waals surface area contributed by atoms with Gasteiger partial charge in [-0.15, -0.1) is 0 Å². The van der Waals surface area contributed by atoms with Gasteiger partial charge in [-0.05, 0) is 42.5 Å². The SMILES string of the molecule is COc1ccc(N2C(=O)C[C@@H](Nc3cc(Cl)ccc3OC)C2=O)cc1. The average molecular weight is 361 g/mol. The summed E-state index contributed by atoms with van der Waals surface area (Å²) in [5.74, 6) is 0.611. The number of benzene rings is 2. The van der Waals surface area contributed by atoms with Crippen LogP contribution < -0.4 is 19.7 Å². The van der Waals surface area contributed by atoms with Crippen LogP contribution in [0.3, 0.4) is 0 Å². The van der Waals surface area contributed by atoms with E-state index in [0.29, 0.717) is 27.9 Å². The second-order valence-corrected chi connectivity index (χ2v) is 5.95. The molecule has 0 aromatic heterocycles. The minimum atomic E-state index is -0.679. The molecule has 2 amide bonds. The molecule has 3 rings (SSSR count). The molecule has 2 aromatic rings. The first-order chi connectivity index (χ1) is 12.0. The Labute approximate surface area is 150 Å². The summed E-state index contributed by atoms with van der Waals surface area (Å²) in [5, 5.41) is 3.56. The molecule has 1 atom stereocenters. The number of rotatable bonds is 5. The van der Waals surface area contributed by atoms with E-state index in [2.05, 4.69) is 5.32 Å². The quantitative estimate of drug-likeness (QED) is 0.830. The number of hydrogen-bond acceptors (Lipinski definition) is 5. The summed E-state index contributed by atoms with van der Waals surface area (Å²) in [7, 11) is 3.08. The molecule has 6 nitrogen and oxygen atoms in total. The summed E-state index contributed by atoms with van der Waals surface area (Å²) in [6, 6.07) is 11.1. The third-order valence-electron chi connectivity index (χ3n) is 3.97. The number of carbonyl (C=O) groups is 2. The van der Waals surface area contributed by atoms with Crippen molar-refractivity contribution in [3.05, 3.63) is 47.5 Å². The van der Waals surface area contributed by atoms with Gasteiger partial charge in [-0.2, -0.15) is 0 Å². The van der Waals surface area contributed by atoms with Crippen LogP contribution in [-0.4, -0.2) is 32.1 Å². The zero-order valence-corrected chi connectivity index (χ0v) is 14.5. The highest BCUT2D eigenvalue weighted by Gasteiger charge is 2.39. The van der Waals surface area contributed by atoms with Crippen LogP contribution in [0.5, 0.6) is 11.5 Å². The van der Waals surface area contributed by atoms with Gasteiger partial charge in [0.15, 0.2) is 0 Å². The number of hydrogen-bond donors (Lipinski definition) is 1. The molecule has 0 unspecified atom stereocenters. The second kappa shape index (κ2) is 7.03.